The van der Waals surface area contributed by atoms with Crippen LogP contribution in [0.2, 0.25) is 0 Å². The molecule has 1 aliphatic heterocycles. The number of rotatable bonds is 3. The second-order valence-corrected chi connectivity index (χ2v) is 6.65. The van der Waals surface area contributed by atoms with Gasteiger partial charge in [0.15, 0.2) is 0 Å². The highest BCUT2D eigenvalue weighted by molar-refractivity contribution is 9.10. The second kappa shape index (κ2) is 5.72. The monoisotopic (exact) mass is 310 g/mol. The van der Waals surface area contributed by atoms with Gasteiger partial charge in [-0.25, -0.2) is 0 Å². The van der Waals surface area contributed by atoms with Gasteiger partial charge < -0.3 is 5.73 Å². The fourth-order valence-electron chi connectivity index (χ4n) is 2.81. The molecule has 1 heterocycles. The Hall–Kier alpha value is -0.380. The number of aryl methyl sites for hydroxylation is 1. The van der Waals surface area contributed by atoms with Gasteiger partial charge in [0.1, 0.15) is 0 Å². The number of hydrogen-bond donors (Lipinski definition) is 1. The van der Waals surface area contributed by atoms with Gasteiger partial charge in [-0.2, -0.15) is 0 Å². The Labute approximate surface area is 119 Å². The molecule has 1 aliphatic rings. The van der Waals surface area contributed by atoms with E-state index in [1.54, 1.807) is 0 Å². The Bertz CT molecular complexity index is 417. The first-order chi connectivity index (χ1) is 8.49. The minimum absolute atomic E-state index is 0.262. The predicted molar refractivity (Wildman–Crippen MR) is 80.6 cm³/mol. The van der Waals surface area contributed by atoms with Crippen molar-refractivity contribution < 1.29 is 0 Å². The third kappa shape index (κ3) is 2.95. The molecule has 1 saturated heterocycles. The molecule has 0 saturated carbocycles. The third-order valence-corrected chi connectivity index (χ3v) is 4.54. The Balaban J connectivity index is 2.24. The van der Waals surface area contributed by atoms with Crippen LogP contribution in [0.15, 0.2) is 22.7 Å². The van der Waals surface area contributed by atoms with E-state index in [1.807, 2.05) is 0 Å². The molecule has 0 bridgehead atoms. The Kier molecular flexibility index (Phi) is 4.46. The molecule has 0 aliphatic carbocycles. The molecule has 1 aromatic rings. The van der Waals surface area contributed by atoms with Crippen LogP contribution in [-0.4, -0.2) is 24.0 Å². The minimum Gasteiger partial charge on any atom is -0.326 e. The Morgan fingerprint density at radius 3 is 2.78 bits per heavy atom. The van der Waals surface area contributed by atoms with Gasteiger partial charge in [-0.05, 0) is 36.5 Å². The van der Waals surface area contributed by atoms with Crippen molar-refractivity contribution in [3.63, 3.8) is 0 Å². The maximum Gasteiger partial charge on any atom is 0.0500 e. The van der Waals surface area contributed by atoms with Crippen molar-refractivity contribution in [1.29, 1.82) is 0 Å². The maximum atomic E-state index is 6.31. The summed E-state index contributed by atoms with van der Waals surface area (Å²) >= 11 is 3.62. The molecule has 2 N–H and O–H groups in total. The van der Waals surface area contributed by atoms with Gasteiger partial charge in [-0.1, -0.05) is 41.9 Å². The topological polar surface area (TPSA) is 29.3 Å². The van der Waals surface area contributed by atoms with Crippen LogP contribution in [0.1, 0.15) is 37.4 Å². The average molecular weight is 311 g/mol. The van der Waals surface area contributed by atoms with Gasteiger partial charge in [0, 0.05) is 29.6 Å². The number of likely N-dealkylation sites (tertiary alicyclic amines) is 1. The molecule has 2 atom stereocenters. The molecular formula is C15H23BrN2. The summed E-state index contributed by atoms with van der Waals surface area (Å²) in [5, 5.41) is 0. The van der Waals surface area contributed by atoms with E-state index in [1.165, 1.54) is 15.6 Å². The number of benzene rings is 1. The Morgan fingerprint density at radius 1 is 1.44 bits per heavy atom. The van der Waals surface area contributed by atoms with Gasteiger partial charge >= 0.3 is 0 Å². The van der Waals surface area contributed by atoms with Gasteiger partial charge in [0.25, 0.3) is 0 Å². The lowest BCUT2D eigenvalue weighted by atomic mass is 9.99. The molecule has 2 unspecified atom stereocenters. The quantitative estimate of drug-likeness (QED) is 0.926. The van der Waals surface area contributed by atoms with Crippen molar-refractivity contribution >= 4 is 15.9 Å². The molecule has 18 heavy (non-hydrogen) atoms. The molecule has 2 nitrogen and oxygen atoms in total. The Morgan fingerprint density at radius 2 is 2.17 bits per heavy atom. The first kappa shape index (κ1) is 14.0. The minimum atomic E-state index is 0.262. The van der Waals surface area contributed by atoms with Gasteiger partial charge in [0.05, 0.1) is 0 Å². The molecule has 0 amide bonds. The molecule has 0 spiro atoms. The van der Waals surface area contributed by atoms with E-state index >= 15 is 0 Å². The van der Waals surface area contributed by atoms with Gasteiger partial charge in [0.2, 0.25) is 0 Å². The molecular weight excluding hydrogens is 288 g/mol. The molecule has 1 fully saturated rings. The number of halogens is 1. The van der Waals surface area contributed by atoms with Gasteiger partial charge in [-0.15, -0.1) is 0 Å². The second-order valence-electron chi connectivity index (χ2n) is 5.79. The van der Waals surface area contributed by atoms with E-state index < -0.39 is 0 Å². The van der Waals surface area contributed by atoms with E-state index in [9.17, 15) is 0 Å². The van der Waals surface area contributed by atoms with E-state index in [4.69, 9.17) is 5.73 Å². The predicted octanol–water partition coefficient (Wildman–Crippen LogP) is 3.49. The van der Waals surface area contributed by atoms with Crippen LogP contribution in [-0.2, 0) is 0 Å². The van der Waals surface area contributed by atoms with Crippen molar-refractivity contribution in [3.05, 3.63) is 33.8 Å². The summed E-state index contributed by atoms with van der Waals surface area (Å²) in [6.07, 6.45) is 1.10. The zero-order valence-electron chi connectivity index (χ0n) is 11.5. The van der Waals surface area contributed by atoms with E-state index in [2.05, 4.69) is 59.8 Å². The van der Waals surface area contributed by atoms with Crippen molar-refractivity contribution in [2.24, 2.45) is 11.7 Å². The summed E-state index contributed by atoms with van der Waals surface area (Å²) < 4.78 is 1.18. The van der Waals surface area contributed by atoms with E-state index in [0.717, 1.165) is 19.5 Å². The number of hydrogen-bond acceptors (Lipinski definition) is 2. The molecule has 0 aromatic heterocycles. The van der Waals surface area contributed by atoms with Crippen molar-refractivity contribution in [3.8, 4) is 0 Å². The van der Waals surface area contributed by atoms with Crippen LogP contribution in [0.25, 0.3) is 0 Å². The average Bonchev–Trinajstić information content (AvgIpc) is 2.63. The summed E-state index contributed by atoms with van der Waals surface area (Å²) in [5.41, 5.74) is 8.93. The van der Waals surface area contributed by atoms with Crippen molar-refractivity contribution in [2.45, 2.75) is 39.3 Å². The smallest absolute Gasteiger partial charge is 0.0500 e. The zero-order valence-corrected chi connectivity index (χ0v) is 13.1. The fourth-order valence-corrected chi connectivity index (χ4v) is 3.20. The highest BCUT2D eigenvalue weighted by Crippen LogP contribution is 2.33. The first-order valence-electron chi connectivity index (χ1n) is 6.74. The summed E-state index contributed by atoms with van der Waals surface area (Å²) in [7, 11) is 0. The van der Waals surface area contributed by atoms with Crippen molar-refractivity contribution in [1.82, 2.24) is 4.90 Å². The summed E-state index contributed by atoms with van der Waals surface area (Å²) in [4.78, 5) is 2.53. The lowest BCUT2D eigenvalue weighted by Crippen LogP contribution is -2.33. The van der Waals surface area contributed by atoms with Crippen molar-refractivity contribution in [2.75, 3.05) is 13.1 Å². The lowest BCUT2D eigenvalue weighted by Gasteiger charge is -2.28. The van der Waals surface area contributed by atoms with Crippen LogP contribution in [0.4, 0.5) is 0 Å². The van der Waals surface area contributed by atoms with E-state index in [0.29, 0.717) is 12.0 Å². The highest BCUT2D eigenvalue weighted by atomic mass is 79.9. The summed E-state index contributed by atoms with van der Waals surface area (Å²) in [6, 6.07) is 7.28. The molecule has 0 radical (unpaired) electrons. The van der Waals surface area contributed by atoms with Crippen LogP contribution >= 0.6 is 15.9 Å². The summed E-state index contributed by atoms with van der Waals surface area (Å²) in [5.74, 6) is 0.687. The van der Waals surface area contributed by atoms with Crippen LogP contribution in [0.3, 0.4) is 0 Å². The van der Waals surface area contributed by atoms with Crippen LogP contribution < -0.4 is 5.73 Å². The molecule has 1 aromatic carbocycles. The molecule has 3 heteroatoms. The van der Waals surface area contributed by atoms with Crippen LogP contribution in [0.5, 0.6) is 0 Å². The van der Waals surface area contributed by atoms with Crippen LogP contribution in [0, 0.1) is 12.8 Å². The lowest BCUT2D eigenvalue weighted by molar-refractivity contribution is 0.221. The fraction of sp³-hybridized carbons (Fsp3) is 0.600. The standard InChI is InChI=1S/C15H23BrN2/c1-10(2)9-18-7-6-14(17)15(18)12-5-4-11(3)13(16)8-12/h4-5,8,10,14-15H,6-7,9,17H2,1-3H3. The number of nitrogens with zero attached hydrogens (tertiary/aromatic N) is 1. The van der Waals surface area contributed by atoms with E-state index in [-0.39, 0.29) is 6.04 Å². The normalized spacial score (nSPS) is 25.0. The summed E-state index contributed by atoms with van der Waals surface area (Å²) in [6.45, 7) is 8.91. The van der Waals surface area contributed by atoms with Gasteiger partial charge in [-0.3, -0.25) is 4.90 Å². The molecule has 100 valence electrons. The SMILES string of the molecule is Cc1ccc(C2C(N)CCN2CC(C)C)cc1Br. The highest BCUT2D eigenvalue weighted by Gasteiger charge is 2.33. The maximum absolute atomic E-state index is 6.31. The number of nitrogens with two attached hydrogens (primary N) is 1. The zero-order chi connectivity index (χ0) is 13.3. The first-order valence-corrected chi connectivity index (χ1v) is 7.54. The third-order valence-electron chi connectivity index (χ3n) is 3.69. The largest absolute Gasteiger partial charge is 0.326 e. The molecule has 2 rings (SSSR count).